The van der Waals surface area contributed by atoms with E-state index in [9.17, 15) is 14.4 Å². The molecule has 0 saturated carbocycles. The maximum absolute atomic E-state index is 12.6. The Balaban J connectivity index is 1.38. The maximum atomic E-state index is 12.6. The zero-order chi connectivity index (χ0) is 21.1. The number of nitrogens with zero attached hydrogens (tertiary/aromatic N) is 1. The zero-order valence-electron chi connectivity index (χ0n) is 16.1. The van der Waals surface area contributed by atoms with Crippen LogP contribution in [0.3, 0.4) is 0 Å². The van der Waals surface area contributed by atoms with Crippen molar-refractivity contribution in [2.75, 3.05) is 19.6 Å². The number of esters is 1. The molecule has 0 aliphatic carbocycles. The van der Waals surface area contributed by atoms with Gasteiger partial charge in [-0.3, -0.25) is 14.4 Å². The molecule has 8 heteroatoms. The predicted octanol–water partition coefficient (Wildman–Crippen LogP) is 1.81. The van der Waals surface area contributed by atoms with Gasteiger partial charge in [0.25, 0.3) is 5.91 Å². The standard InChI is InChI=1S/C22H21N3O5/c26-20(11-15-12-24-18-4-2-1-3-17(15)18)30-16-7-5-14(6-8-16)21(27)25-10-9-23-19(13-25)22(28)29/h1-8,12,19,23-24H,9-11,13H2,(H,28,29). The van der Waals surface area contributed by atoms with Gasteiger partial charge in [-0.1, -0.05) is 18.2 Å². The van der Waals surface area contributed by atoms with Crippen LogP contribution in [0.2, 0.25) is 0 Å². The Kier molecular flexibility index (Phi) is 5.49. The van der Waals surface area contributed by atoms with E-state index in [-0.39, 0.29) is 18.9 Å². The first-order chi connectivity index (χ1) is 14.5. The summed E-state index contributed by atoms with van der Waals surface area (Å²) >= 11 is 0. The first-order valence-corrected chi connectivity index (χ1v) is 9.62. The largest absolute Gasteiger partial charge is 0.480 e. The van der Waals surface area contributed by atoms with Gasteiger partial charge in [0.15, 0.2) is 0 Å². The topological polar surface area (TPSA) is 112 Å². The molecular weight excluding hydrogens is 386 g/mol. The highest BCUT2D eigenvalue weighted by molar-refractivity contribution is 5.95. The fourth-order valence-electron chi connectivity index (χ4n) is 3.55. The van der Waals surface area contributed by atoms with Crippen LogP contribution in [-0.2, 0) is 16.0 Å². The van der Waals surface area contributed by atoms with Crippen molar-refractivity contribution in [3.63, 3.8) is 0 Å². The number of benzene rings is 2. The predicted molar refractivity (Wildman–Crippen MR) is 109 cm³/mol. The monoisotopic (exact) mass is 407 g/mol. The summed E-state index contributed by atoms with van der Waals surface area (Å²) in [6, 6.07) is 13.2. The molecule has 1 amide bonds. The first kappa shape index (κ1) is 19.7. The van der Waals surface area contributed by atoms with Crippen molar-refractivity contribution in [3.05, 3.63) is 65.9 Å². The molecule has 4 rings (SSSR count). The number of amides is 1. The lowest BCUT2D eigenvalue weighted by Gasteiger charge is -2.31. The highest BCUT2D eigenvalue weighted by atomic mass is 16.5. The Morgan fingerprint density at radius 1 is 1.10 bits per heavy atom. The van der Waals surface area contributed by atoms with E-state index in [2.05, 4.69) is 10.3 Å². The summed E-state index contributed by atoms with van der Waals surface area (Å²) in [5.74, 6) is -1.28. The minimum atomic E-state index is -0.982. The summed E-state index contributed by atoms with van der Waals surface area (Å²) in [5, 5.41) is 13.0. The van der Waals surface area contributed by atoms with E-state index in [0.29, 0.717) is 24.4 Å². The third-order valence-corrected chi connectivity index (χ3v) is 5.10. The Labute approximate surface area is 172 Å². The molecule has 3 N–H and O–H groups in total. The summed E-state index contributed by atoms with van der Waals surface area (Å²) in [6.07, 6.45) is 1.92. The van der Waals surface area contributed by atoms with Gasteiger partial charge in [-0.05, 0) is 35.9 Å². The number of ether oxygens (including phenoxy) is 1. The van der Waals surface area contributed by atoms with E-state index in [0.717, 1.165) is 16.5 Å². The van der Waals surface area contributed by atoms with Crippen molar-refractivity contribution in [2.45, 2.75) is 12.5 Å². The fraction of sp³-hybridized carbons (Fsp3) is 0.227. The highest BCUT2D eigenvalue weighted by Crippen LogP contribution is 2.20. The van der Waals surface area contributed by atoms with Gasteiger partial charge < -0.3 is 25.0 Å². The SMILES string of the molecule is O=C(Cc1c[nH]c2ccccc12)Oc1ccc(C(=O)N2CCNC(C(=O)O)C2)cc1. The minimum absolute atomic E-state index is 0.107. The van der Waals surface area contributed by atoms with Crippen LogP contribution >= 0.6 is 0 Å². The number of H-pyrrole nitrogens is 1. The molecule has 1 saturated heterocycles. The lowest BCUT2D eigenvalue weighted by atomic mass is 10.1. The van der Waals surface area contributed by atoms with Crippen LogP contribution in [0.15, 0.2) is 54.7 Å². The molecule has 8 nitrogen and oxygen atoms in total. The van der Waals surface area contributed by atoms with Crippen LogP contribution in [0.5, 0.6) is 5.75 Å². The average Bonchev–Trinajstić information content (AvgIpc) is 3.16. The van der Waals surface area contributed by atoms with Crippen LogP contribution in [-0.4, -0.2) is 58.5 Å². The van der Waals surface area contributed by atoms with Gasteiger partial charge in [0.1, 0.15) is 11.8 Å². The number of carboxylic acid groups (broad SMARTS) is 1. The molecule has 0 spiro atoms. The van der Waals surface area contributed by atoms with Gasteiger partial charge in [0.2, 0.25) is 0 Å². The summed E-state index contributed by atoms with van der Waals surface area (Å²) in [5.41, 5.74) is 2.23. The van der Waals surface area contributed by atoms with Crippen LogP contribution in [0.4, 0.5) is 0 Å². The van der Waals surface area contributed by atoms with E-state index in [1.807, 2.05) is 24.3 Å². The van der Waals surface area contributed by atoms with Gasteiger partial charge in [-0.15, -0.1) is 0 Å². The molecule has 2 heterocycles. The maximum Gasteiger partial charge on any atom is 0.322 e. The second kappa shape index (κ2) is 8.38. The van der Waals surface area contributed by atoms with Crippen molar-refractivity contribution in [2.24, 2.45) is 0 Å². The second-order valence-electron chi connectivity index (χ2n) is 7.13. The quantitative estimate of drug-likeness (QED) is 0.439. The molecule has 2 aromatic carbocycles. The number of carbonyl (C=O) groups excluding carboxylic acids is 2. The van der Waals surface area contributed by atoms with Crippen LogP contribution in [0.1, 0.15) is 15.9 Å². The number of fused-ring (bicyclic) bond motifs is 1. The normalized spacial score (nSPS) is 16.4. The van der Waals surface area contributed by atoms with Gasteiger partial charge >= 0.3 is 11.9 Å². The van der Waals surface area contributed by atoms with Crippen molar-refractivity contribution in [3.8, 4) is 5.75 Å². The number of hydrogen-bond acceptors (Lipinski definition) is 5. The average molecular weight is 407 g/mol. The summed E-state index contributed by atoms with van der Waals surface area (Å²) in [7, 11) is 0. The number of piperazine rings is 1. The molecule has 1 aliphatic heterocycles. The van der Waals surface area contributed by atoms with E-state index in [1.165, 1.54) is 4.90 Å². The lowest BCUT2D eigenvalue weighted by molar-refractivity contribution is -0.140. The van der Waals surface area contributed by atoms with Crippen LogP contribution in [0, 0.1) is 0 Å². The second-order valence-corrected chi connectivity index (χ2v) is 7.13. The first-order valence-electron chi connectivity index (χ1n) is 9.62. The highest BCUT2D eigenvalue weighted by Gasteiger charge is 2.28. The number of carboxylic acids is 1. The molecule has 0 radical (unpaired) electrons. The number of para-hydroxylation sites is 1. The molecule has 1 atom stereocenters. The molecule has 1 aliphatic rings. The van der Waals surface area contributed by atoms with Gasteiger partial charge in [0.05, 0.1) is 6.42 Å². The molecule has 0 bridgehead atoms. The summed E-state index contributed by atoms with van der Waals surface area (Å²) in [6.45, 7) is 0.964. The molecule has 154 valence electrons. The Morgan fingerprint density at radius 3 is 2.63 bits per heavy atom. The minimum Gasteiger partial charge on any atom is -0.480 e. The van der Waals surface area contributed by atoms with E-state index >= 15 is 0 Å². The van der Waals surface area contributed by atoms with Gasteiger partial charge in [-0.25, -0.2) is 0 Å². The number of aromatic nitrogens is 1. The lowest BCUT2D eigenvalue weighted by Crippen LogP contribution is -2.55. The van der Waals surface area contributed by atoms with Crippen molar-refractivity contribution in [1.29, 1.82) is 0 Å². The van der Waals surface area contributed by atoms with Gasteiger partial charge in [0, 0.05) is 42.3 Å². The Morgan fingerprint density at radius 2 is 1.87 bits per heavy atom. The van der Waals surface area contributed by atoms with Crippen LogP contribution in [0.25, 0.3) is 10.9 Å². The molecule has 1 unspecified atom stereocenters. The van der Waals surface area contributed by atoms with Crippen molar-refractivity contribution in [1.82, 2.24) is 15.2 Å². The Bertz CT molecular complexity index is 1090. The third kappa shape index (κ3) is 4.18. The van der Waals surface area contributed by atoms with E-state index in [1.54, 1.807) is 30.5 Å². The van der Waals surface area contributed by atoms with Crippen molar-refractivity contribution >= 4 is 28.7 Å². The molecule has 1 fully saturated rings. The van der Waals surface area contributed by atoms with Gasteiger partial charge in [-0.2, -0.15) is 0 Å². The van der Waals surface area contributed by atoms with Crippen LogP contribution < -0.4 is 10.1 Å². The Hall–Kier alpha value is -3.65. The summed E-state index contributed by atoms with van der Waals surface area (Å²) in [4.78, 5) is 40.7. The number of nitrogens with one attached hydrogen (secondary N) is 2. The third-order valence-electron chi connectivity index (χ3n) is 5.10. The number of aliphatic carboxylic acids is 1. The summed E-state index contributed by atoms with van der Waals surface area (Å²) < 4.78 is 5.40. The number of rotatable bonds is 5. The fourth-order valence-corrected chi connectivity index (χ4v) is 3.55. The molecule has 1 aromatic heterocycles. The van der Waals surface area contributed by atoms with E-state index < -0.39 is 18.0 Å². The van der Waals surface area contributed by atoms with E-state index in [4.69, 9.17) is 9.84 Å². The number of aromatic amines is 1. The molecular formula is C22H21N3O5. The molecule has 3 aromatic rings. The zero-order valence-corrected chi connectivity index (χ0v) is 16.1. The number of hydrogen-bond donors (Lipinski definition) is 3. The molecule has 30 heavy (non-hydrogen) atoms. The van der Waals surface area contributed by atoms with Crippen molar-refractivity contribution < 1.29 is 24.2 Å². The smallest absolute Gasteiger partial charge is 0.322 e. The number of carbonyl (C=O) groups is 3.